The highest BCUT2D eigenvalue weighted by Crippen LogP contribution is 2.28. The van der Waals surface area contributed by atoms with Gasteiger partial charge in [0.15, 0.2) is 0 Å². The summed E-state index contributed by atoms with van der Waals surface area (Å²) in [5.41, 5.74) is 0. The number of anilines is 2. The van der Waals surface area contributed by atoms with Crippen molar-refractivity contribution in [2.75, 3.05) is 30.4 Å². The first-order chi connectivity index (χ1) is 8.69. The molecule has 0 unspecified atom stereocenters. The predicted octanol–water partition coefficient (Wildman–Crippen LogP) is 2.11. The molecule has 0 aromatic carbocycles. The predicted molar refractivity (Wildman–Crippen MR) is 75.0 cm³/mol. The van der Waals surface area contributed by atoms with Gasteiger partial charge in [0, 0.05) is 20.1 Å². The van der Waals surface area contributed by atoms with Crippen LogP contribution in [0.15, 0.2) is 18.2 Å². The molecule has 4 heteroatoms. The van der Waals surface area contributed by atoms with E-state index >= 15 is 0 Å². The third kappa shape index (κ3) is 3.35. The van der Waals surface area contributed by atoms with Gasteiger partial charge in [-0.15, -0.1) is 0 Å². The summed E-state index contributed by atoms with van der Waals surface area (Å²) in [6.07, 6.45) is 2.88. The molecule has 1 aromatic rings. The smallest absolute Gasteiger partial charge is 0.130 e. The molecule has 2 N–H and O–H groups in total. The van der Waals surface area contributed by atoms with Gasteiger partial charge in [0.25, 0.3) is 0 Å². The molecule has 0 atom stereocenters. The zero-order chi connectivity index (χ0) is 13.0. The first kappa shape index (κ1) is 13.1. The second-order valence-electron chi connectivity index (χ2n) is 5.18. The summed E-state index contributed by atoms with van der Waals surface area (Å²) in [6, 6.07) is 6.07. The monoisotopic (exact) mass is 249 g/mol. The van der Waals surface area contributed by atoms with Crippen LogP contribution < -0.4 is 10.2 Å². The Hall–Kier alpha value is -1.29. The second kappa shape index (κ2) is 6.05. The van der Waals surface area contributed by atoms with E-state index in [0.29, 0.717) is 5.92 Å². The summed E-state index contributed by atoms with van der Waals surface area (Å²) < 4.78 is 0. The number of aromatic nitrogens is 1. The molecule has 1 aliphatic rings. The SMILES string of the molecule is CCCNc1cccc(N(C)CC2CC(O)C2)n1. The molecule has 4 nitrogen and oxygen atoms in total. The molecule has 1 heterocycles. The van der Waals surface area contributed by atoms with Crippen LogP contribution in [0.5, 0.6) is 0 Å². The standard InChI is InChI=1S/C14H23N3O/c1-3-7-15-13-5-4-6-14(16-13)17(2)10-11-8-12(18)9-11/h4-6,11-12,18H,3,7-10H2,1-2H3,(H,15,16). The molecule has 0 radical (unpaired) electrons. The minimum Gasteiger partial charge on any atom is -0.393 e. The van der Waals surface area contributed by atoms with Crippen molar-refractivity contribution in [1.29, 1.82) is 0 Å². The van der Waals surface area contributed by atoms with Crippen LogP contribution >= 0.6 is 0 Å². The zero-order valence-corrected chi connectivity index (χ0v) is 11.3. The number of aliphatic hydroxyl groups excluding tert-OH is 1. The van der Waals surface area contributed by atoms with Crippen LogP contribution in [-0.2, 0) is 0 Å². The van der Waals surface area contributed by atoms with Crippen LogP contribution in [0.3, 0.4) is 0 Å². The lowest BCUT2D eigenvalue weighted by molar-refractivity contribution is 0.0464. The number of nitrogens with zero attached hydrogens (tertiary/aromatic N) is 2. The summed E-state index contributed by atoms with van der Waals surface area (Å²) >= 11 is 0. The van der Waals surface area contributed by atoms with E-state index in [1.165, 1.54) is 0 Å². The zero-order valence-electron chi connectivity index (χ0n) is 11.3. The van der Waals surface area contributed by atoms with Gasteiger partial charge in [-0.2, -0.15) is 0 Å². The fourth-order valence-electron chi connectivity index (χ4n) is 2.32. The lowest BCUT2D eigenvalue weighted by Crippen LogP contribution is -2.37. The van der Waals surface area contributed by atoms with E-state index in [-0.39, 0.29) is 6.10 Å². The minimum absolute atomic E-state index is 0.0751. The Morgan fingerprint density at radius 1 is 1.44 bits per heavy atom. The molecule has 1 saturated carbocycles. The molecule has 0 aliphatic heterocycles. The van der Waals surface area contributed by atoms with E-state index < -0.39 is 0 Å². The molecule has 18 heavy (non-hydrogen) atoms. The Bertz CT molecular complexity index is 377. The maximum atomic E-state index is 9.30. The van der Waals surface area contributed by atoms with Gasteiger partial charge in [-0.25, -0.2) is 4.98 Å². The van der Waals surface area contributed by atoms with Gasteiger partial charge in [0.2, 0.25) is 0 Å². The molecule has 1 aromatic heterocycles. The van der Waals surface area contributed by atoms with E-state index in [4.69, 9.17) is 0 Å². The molecular weight excluding hydrogens is 226 g/mol. The van der Waals surface area contributed by atoms with Gasteiger partial charge in [-0.1, -0.05) is 13.0 Å². The average Bonchev–Trinajstić information content (AvgIpc) is 2.35. The van der Waals surface area contributed by atoms with Crippen LogP contribution in [0.1, 0.15) is 26.2 Å². The lowest BCUT2D eigenvalue weighted by atomic mass is 9.82. The fraction of sp³-hybridized carbons (Fsp3) is 0.643. The molecule has 0 spiro atoms. The third-order valence-electron chi connectivity index (χ3n) is 3.42. The van der Waals surface area contributed by atoms with E-state index in [1.54, 1.807) is 0 Å². The molecular formula is C14H23N3O. The molecule has 100 valence electrons. The van der Waals surface area contributed by atoms with E-state index in [1.807, 2.05) is 18.2 Å². The molecule has 1 fully saturated rings. The number of hydrogen-bond acceptors (Lipinski definition) is 4. The van der Waals surface area contributed by atoms with Crippen LogP contribution in [0.4, 0.5) is 11.6 Å². The van der Waals surface area contributed by atoms with Crippen LogP contribution in [0.2, 0.25) is 0 Å². The van der Waals surface area contributed by atoms with Crippen molar-refractivity contribution in [3.8, 4) is 0 Å². The van der Waals surface area contributed by atoms with Crippen molar-refractivity contribution < 1.29 is 5.11 Å². The number of aliphatic hydroxyl groups is 1. The number of nitrogens with one attached hydrogen (secondary N) is 1. The first-order valence-corrected chi connectivity index (χ1v) is 6.79. The molecule has 0 bridgehead atoms. The number of rotatable bonds is 6. The van der Waals surface area contributed by atoms with Crippen LogP contribution in [0, 0.1) is 5.92 Å². The quantitative estimate of drug-likeness (QED) is 0.810. The van der Waals surface area contributed by atoms with Gasteiger partial charge in [0.05, 0.1) is 6.10 Å². The average molecular weight is 249 g/mol. The summed E-state index contributed by atoms with van der Waals surface area (Å²) in [5.74, 6) is 2.55. The molecule has 0 saturated heterocycles. The highest BCUT2D eigenvalue weighted by molar-refractivity contribution is 5.46. The van der Waals surface area contributed by atoms with E-state index in [9.17, 15) is 5.11 Å². The third-order valence-corrected chi connectivity index (χ3v) is 3.42. The van der Waals surface area contributed by atoms with Gasteiger partial charge < -0.3 is 15.3 Å². The largest absolute Gasteiger partial charge is 0.393 e. The van der Waals surface area contributed by atoms with Crippen molar-refractivity contribution in [2.24, 2.45) is 5.92 Å². The van der Waals surface area contributed by atoms with Gasteiger partial charge in [0.1, 0.15) is 11.6 Å². The van der Waals surface area contributed by atoms with Gasteiger partial charge in [-0.3, -0.25) is 0 Å². The summed E-state index contributed by atoms with van der Waals surface area (Å²) in [6.45, 7) is 4.07. The van der Waals surface area contributed by atoms with E-state index in [2.05, 4.69) is 29.2 Å². The van der Waals surface area contributed by atoms with Crippen LogP contribution in [-0.4, -0.2) is 36.3 Å². The van der Waals surface area contributed by atoms with Crippen molar-refractivity contribution >= 4 is 11.6 Å². The van der Waals surface area contributed by atoms with Crippen LogP contribution in [0.25, 0.3) is 0 Å². The molecule has 2 rings (SSSR count). The minimum atomic E-state index is -0.0751. The van der Waals surface area contributed by atoms with Crippen molar-refractivity contribution in [1.82, 2.24) is 4.98 Å². The van der Waals surface area contributed by atoms with Gasteiger partial charge >= 0.3 is 0 Å². The van der Waals surface area contributed by atoms with Gasteiger partial charge in [-0.05, 0) is 37.3 Å². The highest BCUT2D eigenvalue weighted by atomic mass is 16.3. The Morgan fingerprint density at radius 2 is 2.22 bits per heavy atom. The Labute approximate surface area is 109 Å². The van der Waals surface area contributed by atoms with Crippen molar-refractivity contribution in [3.63, 3.8) is 0 Å². The van der Waals surface area contributed by atoms with E-state index in [0.717, 1.165) is 44.0 Å². The maximum Gasteiger partial charge on any atom is 0.130 e. The first-order valence-electron chi connectivity index (χ1n) is 6.79. The second-order valence-corrected chi connectivity index (χ2v) is 5.18. The maximum absolute atomic E-state index is 9.30. The number of hydrogen-bond donors (Lipinski definition) is 2. The van der Waals surface area contributed by atoms with Crippen molar-refractivity contribution in [2.45, 2.75) is 32.3 Å². The Balaban J connectivity index is 1.90. The summed E-state index contributed by atoms with van der Waals surface area (Å²) in [5, 5.41) is 12.6. The number of pyridine rings is 1. The summed E-state index contributed by atoms with van der Waals surface area (Å²) in [7, 11) is 2.07. The Kier molecular flexibility index (Phi) is 4.42. The lowest BCUT2D eigenvalue weighted by Gasteiger charge is -2.34. The Morgan fingerprint density at radius 3 is 2.89 bits per heavy atom. The fourth-order valence-corrected chi connectivity index (χ4v) is 2.32. The normalized spacial score (nSPS) is 22.4. The topological polar surface area (TPSA) is 48.4 Å². The summed E-state index contributed by atoms with van der Waals surface area (Å²) in [4.78, 5) is 6.77. The molecule has 1 aliphatic carbocycles. The molecule has 0 amide bonds. The highest BCUT2D eigenvalue weighted by Gasteiger charge is 2.28. The van der Waals surface area contributed by atoms with Crippen molar-refractivity contribution in [3.05, 3.63) is 18.2 Å².